The quantitative estimate of drug-likeness (QED) is 0.788. The first kappa shape index (κ1) is 16.1. The molecule has 2 aromatic rings. The van der Waals surface area contributed by atoms with Crippen molar-refractivity contribution in [1.29, 1.82) is 0 Å². The highest BCUT2D eigenvalue weighted by atomic mass is 35.5. The zero-order valence-electron chi connectivity index (χ0n) is 11.9. The fourth-order valence-electron chi connectivity index (χ4n) is 1.99. The number of methoxy groups -OCH3 is 1. The van der Waals surface area contributed by atoms with Crippen molar-refractivity contribution < 1.29 is 9.13 Å². The third kappa shape index (κ3) is 4.13. The van der Waals surface area contributed by atoms with Crippen LogP contribution in [0.2, 0.25) is 5.02 Å². The van der Waals surface area contributed by atoms with E-state index in [0.29, 0.717) is 16.3 Å². The lowest BCUT2D eigenvalue weighted by Gasteiger charge is -2.18. The summed E-state index contributed by atoms with van der Waals surface area (Å²) >= 11 is 7.52. The van der Waals surface area contributed by atoms with Crippen molar-refractivity contribution in [2.75, 3.05) is 19.9 Å². The molecule has 21 heavy (non-hydrogen) atoms. The molecule has 0 spiro atoms. The lowest BCUT2D eigenvalue weighted by molar-refractivity contribution is 0.381. The van der Waals surface area contributed by atoms with Gasteiger partial charge in [-0.25, -0.2) is 4.39 Å². The van der Waals surface area contributed by atoms with Gasteiger partial charge in [0, 0.05) is 27.3 Å². The summed E-state index contributed by atoms with van der Waals surface area (Å²) in [5.41, 5.74) is 0.610. The fourth-order valence-corrected chi connectivity index (χ4v) is 3.15. The summed E-state index contributed by atoms with van der Waals surface area (Å²) in [7, 11) is 3.30. The number of ether oxygens (including phenoxy) is 1. The van der Waals surface area contributed by atoms with Crippen LogP contribution < -0.4 is 10.1 Å². The molecule has 0 saturated heterocycles. The Kier molecular flexibility index (Phi) is 5.91. The average molecular weight is 326 g/mol. The number of thioether (sulfide) groups is 1. The van der Waals surface area contributed by atoms with E-state index >= 15 is 0 Å². The van der Waals surface area contributed by atoms with Gasteiger partial charge in [0.2, 0.25) is 0 Å². The smallest absolute Gasteiger partial charge is 0.169 e. The maximum absolute atomic E-state index is 14.3. The van der Waals surface area contributed by atoms with E-state index in [1.807, 2.05) is 31.3 Å². The van der Waals surface area contributed by atoms with Gasteiger partial charge in [0.15, 0.2) is 11.6 Å². The van der Waals surface area contributed by atoms with Crippen LogP contribution in [0.15, 0.2) is 47.4 Å². The molecule has 0 aliphatic heterocycles. The van der Waals surface area contributed by atoms with Crippen LogP contribution in [0.3, 0.4) is 0 Å². The molecule has 2 rings (SSSR count). The van der Waals surface area contributed by atoms with E-state index in [4.69, 9.17) is 16.3 Å². The second-order valence-electron chi connectivity index (χ2n) is 4.47. The molecule has 0 bridgehead atoms. The van der Waals surface area contributed by atoms with Crippen molar-refractivity contribution in [3.05, 3.63) is 58.9 Å². The first-order valence-electron chi connectivity index (χ1n) is 6.53. The molecular formula is C16H17ClFNOS. The van der Waals surface area contributed by atoms with Crippen LogP contribution >= 0.6 is 23.4 Å². The second kappa shape index (κ2) is 7.69. The van der Waals surface area contributed by atoms with Gasteiger partial charge in [-0.2, -0.15) is 0 Å². The van der Waals surface area contributed by atoms with Gasteiger partial charge in [0.05, 0.1) is 7.11 Å². The van der Waals surface area contributed by atoms with Crippen molar-refractivity contribution in [3.63, 3.8) is 0 Å². The lowest BCUT2D eigenvalue weighted by atomic mass is 10.1. The number of nitrogens with one attached hydrogen (secondary N) is 1. The standard InChI is InChI=1S/C16H17ClFNOS/c1-19-14(10-21-12-8-6-11(17)7-9-12)13-4-3-5-15(20-2)16(13)18/h3-9,14,19H,10H2,1-2H3. The SMILES string of the molecule is CNC(CSc1ccc(Cl)cc1)c1cccc(OC)c1F. The van der Waals surface area contributed by atoms with Crippen molar-refractivity contribution >= 4 is 23.4 Å². The normalized spacial score (nSPS) is 12.2. The van der Waals surface area contributed by atoms with Crippen molar-refractivity contribution in [2.45, 2.75) is 10.9 Å². The third-order valence-corrected chi connectivity index (χ3v) is 4.52. The Morgan fingerprint density at radius 3 is 2.57 bits per heavy atom. The number of hydrogen-bond donors (Lipinski definition) is 1. The van der Waals surface area contributed by atoms with Gasteiger partial charge in [-0.3, -0.25) is 0 Å². The van der Waals surface area contributed by atoms with Crippen LogP contribution in [-0.4, -0.2) is 19.9 Å². The summed E-state index contributed by atoms with van der Waals surface area (Å²) in [6.45, 7) is 0. The first-order valence-corrected chi connectivity index (χ1v) is 7.90. The number of rotatable bonds is 6. The van der Waals surface area contributed by atoms with E-state index in [1.54, 1.807) is 30.0 Å². The molecule has 0 amide bonds. The molecule has 0 fully saturated rings. The maximum atomic E-state index is 14.3. The van der Waals surface area contributed by atoms with Crippen LogP contribution in [0, 0.1) is 5.82 Å². The molecular weight excluding hydrogens is 309 g/mol. The summed E-state index contributed by atoms with van der Waals surface area (Å²) in [6.07, 6.45) is 0. The molecule has 0 heterocycles. The first-order chi connectivity index (χ1) is 10.2. The van der Waals surface area contributed by atoms with Crippen LogP contribution in [0.5, 0.6) is 5.75 Å². The largest absolute Gasteiger partial charge is 0.494 e. The monoisotopic (exact) mass is 325 g/mol. The fraction of sp³-hybridized carbons (Fsp3) is 0.250. The highest BCUT2D eigenvalue weighted by Gasteiger charge is 2.17. The van der Waals surface area contributed by atoms with Crippen LogP contribution in [-0.2, 0) is 0 Å². The van der Waals surface area contributed by atoms with Gasteiger partial charge >= 0.3 is 0 Å². The van der Waals surface area contributed by atoms with E-state index in [-0.39, 0.29) is 17.6 Å². The Bertz CT molecular complexity index is 591. The second-order valence-corrected chi connectivity index (χ2v) is 6.00. The Balaban J connectivity index is 2.11. The van der Waals surface area contributed by atoms with Gasteiger partial charge < -0.3 is 10.1 Å². The third-order valence-electron chi connectivity index (χ3n) is 3.17. The van der Waals surface area contributed by atoms with Crippen LogP contribution in [0.4, 0.5) is 4.39 Å². The predicted octanol–water partition coefficient (Wildman–Crippen LogP) is 4.54. The van der Waals surface area contributed by atoms with Crippen molar-refractivity contribution in [3.8, 4) is 5.75 Å². The zero-order valence-corrected chi connectivity index (χ0v) is 13.5. The minimum absolute atomic E-state index is 0.0965. The highest BCUT2D eigenvalue weighted by molar-refractivity contribution is 7.99. The molecule has 2 nitrogen and oxygen atoms in total. The highest BCUT2D eigenvalue weighted by Crippen LogP contribution is 2.29. The molecule has 0 saturated carbocycles. The zero-order chi connectivity index (χ0) is 15.2. The van der Waals surface area contributed by atoms with Gasteiger partial charge in [-0.1, -0.05) is 23.7 Å². The summed E-state index contributed by atoms with van der Waals surface area (Å²) in [5, 5.41) is 3.86. The summed E-state index contributed by atoms with van der Waals surface area (Å²) in [6, 6.07) is 12.7. The van der Waals surface area contributed by atoms with Crippen molar-refractivity contribution in [1.82, 2.24) is 5.32 Å². The Morgan fingerprint density at radius 2 is 1.95 bits per heavy atom. The van der Waals surface area contributed by atoms with E-state index < -0.39 is 0 Å². The average Bonchev–Trinajstić information content (AvgIpc) is 2.51. The molecule has 1 unspecified atom stereocenters. The number of hydrogen-bond acceptors (Lipinski definition) is 3. The van der Waals surface area contributed by atoms with E-state index in [1.165, 1.54) is 7.11 Å². The molecule has 0 aliphatic carbocycles. The van der Waals surface area contributed by atoms with Gasteiger partial charge in [-0.15, -0.1) is 11.8 Å². The maximum Gasteiger partial charge on any atom is 0.169 e. The minimum atomic E-state index is -0.309. The van der Waals surface area contributed by atoms with Gasteiger partial charge in [-0.05, 0) is 37.4 Å². The van der Waals surface area contributed by atoms with Crippen LogP contribution in [0.1, 0.15) is 11.6 Å². The van der Waals surface area contributed by atoms with E-state index in [2.05, 4.69) is 5.32 Å². The topological polar surface area (TPSA) is 21.3 Å². The van der Waals surface area contributed by atoms with E-state index in [0.717, 1.165) is 4.90 Å². The van der Waals surface area contributed by atoms with E-state index in [9.17, 15) is 4.39 Å². The summed E-state index contributed by atoms with van der Waals surface area (Å²) in [4.78, 5) is 1.10. The molecule has 5 heteroatoms. The summed E-state index contributed by atoms with van der Waals surface area (Å²) < 4.78 is 19.3. The number of benzene rings is 2. The molecule has 2 aromatic carbocycles. The van der Waals surface area contributed by atoms with Gasteiger partial charge in [0.1, 0.15) is 0 Å². The lowest BCUT2D eigenvalue weighted by Crippen LogP contribution is -2.20. The molecule has 0 aromatic heterocycles. The predicted molar refractivity (Wildman–Crippen MR) is 86.9 cm³/mol. The Hall–Kier alpha value is -1.23. The Labute approximate surface area is 133 Å². The molecule has 1 atom stereocenters. The molecule has 0 aliphatic rings. The van der Waals surface area contributed by atoms with Crippen molar-refractivity contribution in [2.24, 2.45) is 0 Å². The summed E-state index contributed by atoms with van der Waals surface area (Å²) in [5.74, 6) is 0.669. The Morgan fingerprint density at radius 1 is 1.24 bits per heavy atom. The minimum Gasteiger partial charge on any atom is -0.494 e. The number of halogens is 2. The molecule has 112 valence electrons. The molecule has 0 radical (unpaired) electrons. The van der Waals surface area contributed by atoms with Crippen LogP contribution in [0.25, 0.3) is 0 Å². The molecule has 1 N–H and O–H groups in total. The van der Waals surface area contributed by atoms with Gasteiger partial charge in [0.25, 0.3) is 0 Å².